The molecule has 0 spiro atoms. The minimum absolute atomic E-state index is 0.163. The van der Waals surface area contributed by atoms with Gasteiger partial charge in [0, 0.05) is 6.04 Å². The molecule has 0 aromatic heterocycles. The lowest BCUT2D eigenvalue weighted by Gasteiger charge is -2.29. The zero-order valence-corrected chi connectivity index (χ0v) is 9.72. The highest BCUT2D eigenvalue weighted by Crippen LogP contribution is 2.36. The van der Waals surface area contributed by atoms with E-state index in [0.717, 1.165) is 25.5 Å². The van der Waals surface area contributed by atoms with E-state index in [0.29, 0.717) is 11.5 Å². The topological polar surface area (TPSA) is 12.0 Å². The van der Waals surface area contributed by atoms with E-state index in [9.17, 15) is 13.2 Å². The van der Waals surface area contributed by atoms with Gasteiger partial charge in [-0.05, 0) is 36.9 Å². The molecule has 94 valence electrons. The van der Waals surface area contributed by atoms with E-state index in [1.165, 1.54) is 6.07 Å². The average Bonchev–Trinajstić information content (AvgIpc) is 2.29. The van der Waals surface area contributed by atoms with Gasteiger partial charge in [0.25, 0.3) is 0 Å². The van der Waals surface area contributed by atoms with Gasteiger partial charge < -0.3 is 5.32 Å². The Kier molecular flexibility index (Phi) is 3.43. The van der Waals surface area contributed by atoms with Crippen molar-refractivity contribution in [2.24, 2.45) is 5.92 Å². The van der Waals surface area contributed by atoms with E-state index in [-0.39, 0.29) is 6.04 Å². The van der Waals surface area contributed by atoms with E-state index in [1.54, 1.807) is 12.1 Å². The summed E-state index contributed by atoms with van der Waals surface area (Å²) in [4.78, 5) is 0. The summed E-state index contributed by atoms with van der Waals surface area (Å²) in [6, 6.07) is 5.69. The number of nitrogens with one attached hydrogen (secondary N) is 1. The third-order valence-electron chi connectivity index (χ3n) is 3.30. The van der Waals surface area contributed by atoms with E-state index in [1.807, 2.05) is 0 Å². The molecule has 0 radical (unpaired) electrons. The van der Waals surface area contributed by atoms with Gasteiger partial charge in [-0.15, -0.1) is 0 Å². The van der Waals surface area contributed by atoms with Crippen molar-refractivity contribution in [2.75, 3.05) is 6.54 Å². The van der Waals surface area contributed by atoms with Crippen LogP contribution < -0.4 is 5.32 Å². The monoisotopic (exact) mass is 243 g/mol. The lowest BCUT2D eigenvalue weighted by Crippen LogP contribution is -2.33. The van der Waals surface area contributed by atoms with Gasteiger partial charge in [0.1, 0.15) is 0 Å². The Labute approximate surface area is 99.0 Å². The van der Waals surface area contributed by atoms with Crippen LogP contribution in [0, 0.1) is 5.92 Å². The van der Waals surface area contributed by atoms with Crippen LogP contribution in [0.1, 0.15) is 36.9 Å². The fraction of sp³-hybridized carbons (Fsp3) is 0.538. The summed E-state index contributed by atoms with van der Waals surface area (Å²) in [7, 11) is 0. The molecule has 1 N–H and O–H groups in total. The van der Waals surface area contributed by atoms with E-state index < -0.39 is 11.7 Å². The quantitative estimate of drug-likeness (QED) is 0.791. The molecule has 2 atom stereocenters. The van der Waals surface area contributed by atoms with Crippen LogP contribution >= 0.6 is 0 Å². The van der Waals surface area contributed by atoms with Crippen LogP contribution in [0.25, 0.3) is 0 Å². The van der Waals surface area contributed by atoms with Gasteiger partial charge in [0.2, 0.25) is 0 Å². The van der Waals surface area contributed by atoms with Gasteiger partial charge in [-0.3, -0.25) is 0 Å². The van der Waals surface area contributed by atoms with Crippen molar-refractivity contribution in [1.82, 2.24) is 5.32 Å². The predicted octanol–water partition coefficient (Wildman–Crippen LogP) is 3.77. The maximum absolute atomic E-state index is 12.9. The number of hydrogen-bond donors (Lipinski definition) is 1. The fourth-order valence-corrected chi connectivity index (χ4v) is 2.32. The maximum atomic E-state index is 12.9. The molecular formula is C13H16F3N. The van der Waals surface area contributed by atoms with Crippen molar-refractivity contribution in [2.45, 2.75) is 32.0 Å². The SMILES string of the molecule is CC1CCC(c2ccccc2C(F)(F)F)NC1. The van der Waals surface area contributed by atoms with Crippen LogP contribution in [-0.2, 0) is 6.18 Å². The van der Waals surface area contributed by atoms with Crippen LogP contribution in [-0.4, -0.2) is 6.54 Å². The molecule has 0 bridgehead atoms. The highest BCUT2D eigenvalue weighted by Gasteiger charge is 2.35. The minimum Gasteiger partial charge on any atom is -0.310 e. The molecule has 0 aliphatic carbocycles. The largest absolute Gasteiger partial charge is 0.416 e. The highest BCUT2D eigenvalue weighted by atomic mass is 19.4. The molecule has 1 fully saturated rings. The van der Waals surface area contributed by atoms with Gasteiger partial charge in [-0.2, -0.15) is 13.2 Å². The third kappa shape index (κ3) is 2.80. The Balaban J connectivity index is 2.26. The lowest BCUT2D eigenvalue weighted by atomic mass is 9.89. The number of alkyl halides is 3. The summed E-state index contributed by atoms with van der Waals surface area (Å²) in [6.45, 7) is 2.90. The summed E-state index contributed by atoms with van der Waals surface area (Å²) in [5.41, 5.74) is -0.126. The Bertz CT molecular complexity index is 378. The second-order valence-corrected chi connectivity index (χ2v) is 4.73. The number of rotatable bonds is 1. The van der Waals surface area contributed by atoms with Crippen LogP contribution in [0.4, 0.5) is 13.2 Å². The molecule has 17 heavy (non-hydrogen) atoms. The number of benzene rings is 1. The lowest BCUT2D eigenvalue weighted by molar-refractivity contribution is -0.138. The van der Waals surface area contributed by atoms with Crippen molar-refractivity contribution in [3.63, 3.8) is 0 Å². The Hall–Kier alpha value is -1.03. The van der Waals surface area contributed by atoms with Crippen LogP contribution in [0.3, 0.4) is 0 Å². The number of hydrogen-bond acceptors (Lipinski definition) is 1. The first-order valence-corrected chi connectivity index (χ1v) is 5.88. The van der Waals surface area contributed by atoms with Gasteiger partial charge in [0.15, 0.2) is 0 Å². The molecule has 2 unspecified atom stereocenters. The number of piperidine rings is 1. The highest BCUT2D eigenvalue weighted by molar-refractivity contribution is 5.32. The molecule has 1 heterocycles. The van der Waals surface area contributed by atoms with E-state index in [4.69, 9.17) is 0 Å². The van der Waals surface area contributed by atoms with Gasteiger partial charge in [0.05, 0.1) is 5.56 Å². The van der Waals surface area contributed by atoms with Crippen molar-refractivity contribution in [3.8, 4) is 0 Å². The molecule has 1 aliphatic rings. The molecule has 1 saturated heterocycles. The van der Waals surface area contributed by atoms with Gasteiger partial charge in [-0.25, -0.2) is 0 Å². The van der Waals surface area contributed by atoms with Crippen LogP contribution in [0.5, 0.6) is 0 Å². The second kappa shape index (κ2) is 4.69. The Morgan fingerprint density at radius 2 is 1.88 bits per heavy atom. The second-order valence-electron chi connectivity index (χ2n) is 4.73. The molecule has 1 aromatic rings. The van der Waals surface area contributed by atoms with Crippen LogP contribution in [0.2, 0.25) is 0 Å². The van der Waals surface area contributed by atoms with Crippen molar-refractivity contribution in [1.29, 1.82) is 0 Å². The van der Waals surface area contributed by atoms with E-state index >= 15 is 0 Å². The summed E-state index contributed by atoms with van der Waals surface area (Å²) in [6.07, 6.45) is -2.51. The Morgan fingerprint density at radius 1 is 1.18 bits per heavy atom. The Morgan fingerprint density at radius 3 is 2.47 bits per heavy atom. The first-order chi connectivity index (χ1) is 7.98. The summed E-state index contributed by atoms with van der Waals surface area (Å²) >= 11 is 0. The van der Waals surface area contributed by atoms with Crippen molar-refractivity contribution >= 4 is 0 Å². The predicted molar refractivity (Wildman–Crippen MR) is 60.6 cm³/mol. The van der Waals surface area contributed by atoms with Gasteiger partial charge >= 0.3 is 6.18 Å². The van der Waals surface area contributed by atoms with Crippen molar-refractivity contribution in [3.05, 3.63) is 35.4 Å². The third-order valence-corrected chi connectivity index (χ3v) is 3.30. The molecule has 0 saturated carbocycles. The molecular weight excluding hydrogens is 227 g/mol. The number of halogens is 3. The summed E-state index contributed by atoms with van der Waals surface area (Å²) < 4.78 is 38.6. The molecule has 2 rings (SSSR count). The normalized spacial score (nSPS) is 25.9. The smallest absolute Gasteiger partial charge is 0.310 e. The fourth-order valence-electron chi connectivity index (χ4n) is 2.32. The standard InChI is InChI=1S/C13H16F3N/c1-9-6-7-12(17-8-9)10-4-2-3-5-11(10)13(14,15)16/h2-5,9,12,17H,6-8H2,1H3. The van der Waals surface area contributed by atoms with E-state index in [2.05, 4.69) is 12.2 Å². The van der Waals surface area contributed by atoms with Crippen molar-refractivity contribution < 1.29 is 13.2 Å². The van der Waals surface area contributed by atoms with Crippen LogP contribution in [0.15, 0.2) is 24.3 Å². The van der Waals surface area contributed by atoms with Gasteiger partial charge in [-0.1, -0.05) is 25.1 Å². The average molecular weight is 243 g/mol. The molecule has 0 amide bonds. The maximum Gasteiger partial charge on any atom is 0.416 e. The summed E-state index contributed by atoms with van der Waals surface area (Å²) in [5.74, 6) is 0.546. The molecule has 4 heteroatoms. The first-order valence-electron chi connectivity index (χ1n) is 5.88. The minimum atomic E-state index is -4.26. The molecule has 1 aliphatic heterocycles. The zero-order chi connectivity index (χ0) is 12.5. The summed E-state index contributed by atoms with van der Waals surface area (Å²) in [5, 5.41) is 3.20. The first kappa shape index (κ1) is 12.4. The molecule has 1 nitrogen and oxygen atoms in total. The zero-order valence-electron chi connectivity index (χ0n) is 9.72. The molecule has 1 aromatic carbocycles.